The number of thiol groups is 1. The Labute approximate surface area is 252 Å². The van der Waals surface area contributed by atoms with Crippen molar-refractivity contribution in [1.82, 2.24) is 4.57 Å². The first-order chi connectivity index (χ1) is 20.1. The number of aliphatic hydroxyl groups excluding tert-OH is 2. The molecule has 4 fully saturated rings. The molecule has 7 rings (SSSR count). The van der Waals surface area contributed by atoms with Gasteiger partial charge in [0.1, 0.15) is 6.61 Å². The fraction of sp³-hybridized carbons (Fsp3) is 0.529. The summed E-state index contributed by atoms with van der Waals surface area (Å²) in [6.07, 6.45) is 10.0. The summed E-state index contributed by atoms with van der Waals surface area (Å²) in [7, 11) is 0. The molecule has 4 aliphatic carbocycles. The normalized spacial score (nSPS) is 40.2. The van der Waals surface area contributed by atoms with Gasteiger partial charge in [0.05, 0.1) is 12.2 Å². The zero-order valence-electron chi connectivity index (χ0n) is 24.1. The molecule has 1 aromatic carbocycles. The minimum absolute atomic E-state index is 0.00630. The van der Waals surface area contributed by atoms with Crippen molar-refractivity contribution in [2.24, 2.45) is 28.6 Å². The van der Waals surface area contributed by atoms with Crippen LogP contribution in [0.15, 0.2) is 66.5 Å². The molecule has 0 radical (unpaired) electrons. The zero-order valence-corrected chi connectivity index (χ0v) is 25.0. The summed E-state index contributed by atoms with van der Waals surface area (Å²) in [6.45, 7) is 4.24. The van der Waals surface area contributed by atoms with E-state index >= 15 is 0 Å². The molecule has 3 saturated carbocycles. The molecule has 1 aliphatic heterocycles. The highest BCUT2D eigenvalue weighted by Crippen LogP contribution is 2.70. The van der Waals surface area contributed by atoms with Gasteiger partial charge in [0, 0.05) is 47.0 Å². The van der Waals surface area contributed by atoms with Gasteiger partial charge in [-0.25, -0.2) is 0 Å². The Hall–Kier alpha value is -2.49. The lowest BCUT2D eigenvalue weighted by Gasteiger charge is -2.59. The minimum Gasteiger partial charge on any atom is -0.393 e. The number of hydrogen-bond donors (Lipinski definition) is 3. The van der Waals surface area contributed by atoms with Crippen molar-refractivity contribution in [1.29, 1.82) is 0 Å². The van der Waals surface area contributed by atoms with Gasteiger partial charge >= 0.3 is 0 Å². The first kappa shape index (κ1) is 28.3. The van der Waals surface area contributed by atoms with Gasteiger partial charge in [-0.15, -0.1) is 0 Å². The van der Waals surface area contributed by atoms with Crippen LogP contribution >= 0.6 is 12.6 Å². The molecule has 7 nitrogen and oxygen atoms in total. The maximum absolute atomic E-state index is 13.7. The molecule has 2 heterocycles. The number of Topliss-reactive ketones (excluding diaryl/α,β-unsaturated/α-hetero) is 1. The highest BCUT2D eigenvalue weighted by atomic mass is 32.1. The fourth-order valence-corrected chi connectivity index (χ4v) is 9.77. The minimum atomic E-state index is -1.35. The van der Waals surface area contributed by atoms with Crippen molar-refractivity contribution in [2.75, 3.05) is 6.61 Å². The second kappa shape index (κ2) is 10.0. The second-order valence-corrected chi connectivity index (χ2v) is 13.8. The molecule has 8 heteroatoms. The molecule has 0 amide bonds. The third-order valence-corrected chi connectivity index (χ3v) is 11.7. The molecule has 2 aromatic rings. The largest absolute Gasteiger partial charge is 0.393 e. The van der Waals surface area contributed by atoms with Crippen molar-refractivity contribution in [3.05, 3.63) is 83.2 Å². The predicted molar refractivity (Wildman–Crippen MR) is 160 cm³/mol. The van der Waals surface area contributed by atoms with Crippen LogP contribution in [0.1, 0.15) is 62.5 Å². The highest BCUT2D eigenvalue weighted by Gasteiger charge is 2.75. The van der Waals surface area contributed by atoms with Gasteiger partial charge in [-0.05, 0) is 66.9 Å². The standard InChI is InChI=1S/C34H39NO6S/c1-32-10-8-24(37)13-23(32)6-7-25-26-14-29-34(28(39)18-36,33(26,2)15-27(38)30(25)32)41-31(40-29)22-9-11-35(17-22)16-20-4-3-5-21(12-20)19-42/h3-5,8-13,17,25-27,29-31,36,38,42H,6-7,14-16,18-19H2,1-2H3/t25-,26-,27-,29+,30+,31+,32-,33-,34+/m0/s1. The van der Waals surface area contributed by atoms with Crippen LogP contribution in [0.25, 0.3) is 0 Å². The molecule has 0 unspecified atom stereocenters. The molecule has 2 N–H and O–H groups in total. The van der Waals surface area contributed by atoms with Gasteiger partial charge in [0.15, 0.2) is 23.5 Å². The SMILES string of the molecule is C[C@]12C=CC(=O)C=C1CC[C@@H]1[C@@H]2[C@@H](O)C[C@@]2(C)[C@H]1C[C@H]1O[C@@H](c3ccn(Cc4cccc(CS)c4)c3)O[C@]12C(=O)CO. The number of benzene rings is 1. The highest BCUT2D eigenvalue weighted by molar-refractivity contribution is 7.79. The van der Waals surface area contributed by atoms with Gasteiger partial charge in [0.2, 0.25) is 0 Å². The number of allylic oxidation sites excluding steroid dienone is 4. The number of fused-ring (bicyclic) bond motifs is 7. The summed E-state index contributed by atoms with van der Waals surface area (Å²) in [4.78, 5) is 25.9. The Kier molecular flexibility index (Phi) is 6.75. The van der Waals surface area contributed by atoms with E-state index in [9.17, 15) is 19.8 Å². The first-order valence-electron chi connectivity index (χ1n) is 15.1. The average Bonchev–Trinajstić information content (AvgIpc) is 3.65. The van der Waals surface area contributed by atoms with Crippen LogP contribution in [0.4, 0.5) is 0 Å². The Morgan fingerprint density at radius 1 is 1.21 bits per heavy atom. The number of aromatic nitrogens is 1. The van der Waals surface area contributed by atoms with Crippen LogP contribution in [0, 0.1) is 28.6 Å². The van der Waals surface area contributed by atoms with E-state index in [4.69, 9.17) is 9.47 Å². The van der Waals surface area contributed by atoms with Gasteiger partial charge in [-0.2, -0.15) is 12.6 Å². The van der Waals surface area contributed by atoms with Crippen LogP contribution in [0.5, 0.6) is 0 Å². The molecule has 42 heavy (non-hydrogen) atoms. The fourth-order valence-electron chi connectivity index (χ4n) is 9.57. The molecule has 0 bridgehead atoms. The van der Waals surface area contributed by atoms with Crippen molar-refractivity contribution < 1.29 is 29.3 Å². The van der Waals surface area contributed by atoms with Crippen molar-refractivity contribution in [2.45, 2.75) is 75.9 Å². The molecular weight excluding hydrogens is 550 g/mol. The second-order valence-electron chi connectivity index (χ2n) is 13.4. The van der Waals surface area contributed by atoms with Crippen LogP contribution < -0.4 is 0 Å². The topological polar surface area (TPSA) is 98.0 Å². The summed E-state index contributed by atoms with van der Waals surface area (Å²) in [6, 6.07) is 10.3. The Morgan fingerprint density at radius 2 is 2.02 bits per heavy atom. The molecule has 1 saturated heterocycles. The first-order valence-corrected chi connectivity index (χ1v) is 15.7. The molecule has 0 spiro atoms. The van der Waals surface area contributed by atoms with E-state index in [2.05, 4.69) is 49.2 Å². The van der Waals surface area contributed by atoms with E-state index in [0.717, 1.165) is 29.5 Å². The van der Waals surface area contributed by atoms with Gasteiger partial charge in [-0.3, -0.25) is 9.59 Å². The Bertz CT molecular complexity index is 1500. The number of ether oxygens (including phenoxy) is 2. The Morgan fingerprint density at radius 3 is 2.81 bits per heavy atom. The number of carbonyl (C=O) groups is 2. The maximum atomic E-state index is 13.7. The molecule has 222 valence electrons. The van der Waals surface area contributed by atoms with Crippen LogP contribution in [-0.4, -0.2) is 50.8 Å². The molecule has 5 aliphatic rings. The summed E-state index contributed by atoms with van der Waals surface area (Å²) >= 11 is 4.39. The molecule has 9 atom stereocenters. The summed E-state index contributed by atoms with van der Waals surface area (Å²) in [5, 5.41) is 22.0. The summed E-state index contributed by atoms with van der Waals surface area (Å²) in [5.74, 6) is 0.450. The van der Waals surface area contributed by atoms with Gasteiger partial charge < -0.3 is 24.3 Å². The number of rotatable bonds is 6. The molecule has 1 aromatic heterocycles. The average molecular weight is 590 g/mol. The van der Waals surface area contributed by atoms with Crippen LogP contribution in [-0.2, 0) is 31.4 Å². The van der Waals surface area contributed by atoms with E-state index in [1.54, 1.807) is 12.2 Å². The van der Waals surface area contributed by atoms with E-state index in [1.807, 2.05) is 30.6 Å². The Balaban J connectivity index is 1.18. The van der Waals surface area contributed by atoms with Crippen LogP contribution in [0.3, 0.4) is 0 Å². The number of ketones is 2. The van der Waals surface area contributed by atoms with Gasteiger partial charge in [0.25, 0.3) is 0 Å². The van der Waals surface area contributed by atoms with E-state index in [0.29, 0.717) is 25.1 Å². The third-order valence-electron chi connectivity index (χ3n) is 11.4. The van der Waals surface area contributed by atoms with Crippen LogP contribution in [0.2, 0.25) is 0 Å². The summed E-state index contributed by atoms with van der Waals surface area (Å²) in [5.41, 5.74) is 1.78. The maximum Gasteiger partial charge on any atom is 0.193 e. The van der Waals surface area contributed by atoms with Crippen molar-refractivity contribution in [3.8, 4) is 0 Å². The lowest BCUT2D eigenvalue weighted by Crippen LogP contribution is -2.63. The number of nitrogens with zero attached hydrogens (tertiary/aromatic N) is 1. The van der Waals surface area contributed by atoms with E-state index in [-0.39, 0.29) is 29.3 Å². The number of aliphatic hydroxyl groups is 2. The zero-order chi connectivity index (χ0) is 29.4. The number of hydrogen-bond acceptors (Lipinski definition) is 7. The summed E-state index contributed by atoms with van der Waals surface area (Å²) < 4.78 is 15.4. The lowest BCUT2D eigenvalue weighted by atomic mass is 9.46. The monoisotopic (exact) mass is 589 g/mol. The van der Waals surface area contributed by atoms with Crippen molar-refractivity contribution >= 4 is 24.2 Å². The molecular formula is C34H39NO6S. The van der Waals surface area contributed by atoms with E-state index in [1.165, 1.54) is 5.56 Å². The third kappa shape index (κ3) is 3.95. The quantitative estimate of drug-likeness (QED) is 0.427. The predicted octanol–water partition coefficient (Wildman–Crippen LogP) is 4.57. The van der Waals surface area contributed by atoms with Crippen molar-refractivity contribution in [3.63, 3.8) is 0 Å². The number of carbonyl (C=O) groups excluding carboxylic acids is 2. The van der Waals surface area contributed by atoms with E-state index < -0.39 is 41.5 Å². The van der Waals surface area contributed by atoms with Gasteiger partial charge in [-0.1, -0.05) is 49.8 Å². The smallest absolute Gasteiger partial charge is 0.193 e. The lowest BCUT2D eigenvalue weighted by molar-refractivity contribution is -0.201.